The van der Waals surface area contributed by atoms with Gasteiger partial charge in [-0.2, -0.15) is 5.10 Å². The topological polar surface area (TPSA) is 53.1 Å². The summed E-state index contributed by atoms with van der Waals surface area (Å²) in [6.07, 6.45) is 0.255. The number of rotatable bonds is 5. The highest BCUT2D eigenvalue weighted by Gasteiger charge is 2.08. The third-order valence-electron chi connectivity index (χ3n) is 2.68. The highest BCUT2D eigenvalue weighted by atomic mass is 16.5. The Morgan fingerprint density at radius 3 is 2.82 bits per heavy atom. The van der Waals surface area contributed by atoms with Crippen molar-refractivity contribution in [2.45, 2.75) is 33.0 Å². The monoisotopic (exact) mass is 233 g/mol. The fourth-order valence-electron chi connectivity index (χ4n) is 1.89. The van der Waals surface area contributed by atoms with Crippen LogP contribution in [0.15, 0.2) is 24.3 Å². The summed E-state index contributed by atoms with van der Waals surface area (Å²) in [6, 6.07) is 8.16. The van der Waals surface area contributed by atoms with Crippen LogP contribution in [0.1, 0.15) is 19.5 Å². The molecule has 4 heteroatoms. The second-order valence-electron chi connectivity index (χ2n) is 4.31. The predicted octanol–water partition coefficient (Wildman–Crippen LogP) is 1.92. The second kappa shape index (κ2) is 5.29. The van der Waals surface area contributed by atoms with Crippen LogP contribution in [0, 0.1) is 0 Å². The van der Waals surface area contributed by atoms with Gasteiger partial charge in [0.15, 0.2) is 0 Å². The molecular weight excluding hydrogens is 214 g/mol. The van der Waals surface area contributed by atoms with Crippen molar-refractivity contribution in [3.05, 3.63) is 30.0 Å². The Morgan fingerprint density at radius 2 is 2.12 bits per heavy atom. The van der Waals surface area contributed by atoms with Crippen LogP contribution >= 0.6 is 0 Å². The van der Waals surface area contributed by atoms with Gasteiger partial charge in [0.2, 0.25) is 0 Å². The Labute approximate surface area is 101 Å². The zero-order chi connectivity index (χ0) is 12.3. The summed E-state index contributed by atoms with van der Waals surface area (Å²) >= 11 is 0. The molecule has 1 aromatic carbocycles. The van der Waals surface area contributed by atoms with Gasteiger partial charge in [-0.1, -0.05) is 18.2 Å². The lowest BCUT2D eigenvalue weighted by molar-refractivity contribution is 0.0715. The Bertz CT molecular complexity index is 490. The van der Waals surface area contributed by atoms with Gasteiger partial charge in [0.25, 0.3) is 0 Å². The maximum Gasteiger partial charge on any atom is 0.0839 e. The van der Waals surface area contributed by atoms with Crippen molar-refractivity contribution < 1.29 is 4.74 Å². The maximum atomic E-state index is 5.70. The summed E-state index contributed by atoms with van der Waals surface area (Å²) in [5, 5.41) is 5.65. The van der Waals surface area contributed by atoms with E-state index in [1.807, 2.05) is 30.7 Å². The van der Waals surface area contributed by atoms with Gasteiger partial charge in [-0.3, -0.25) is 4.68 Å². The van der Waals surface area contributed by atoms with Crippen LogP contribution in [0.4, 0.5) is 0 Å². The molecule has 2 rings (SSSR count). The molecule has 0 spiro atoms. The van der Waals surface area contributed by atoms with E-state index in [9.17, 15) is 0 Å². The highest BCUT2D eigenvalue weighted by Crippen LogP contribution is 2.17. The molecule has 0 aliphatic heterocycles. The van der Waals surface area contributed by atoms with E-state index < -0.39 is 0 Å². The van der Waals surface area contributed by atoms with E-state index in [4.69, 9.17) is 10.5 Å². The van der Waals surface area contributed by atoms with Gasteiger partial charge in [-0.05, 0) is 19.9 Å². The minimum atomic E-state index is 0.255. The minimum absolute atomic E-state index is 0.255. The maximum absolute atomic E-state index is 5.70. The SMILES string of the molecule is CC(C)OCCn1nc(CN)c2ccccc21. The first-order chi connectivity index (χ1) is 8.22. The molecule has 0 aliphatic carbocycles. The number of ether oxygens (including phenoxy) is 1. The standard InChI is InChI=1S/C13H19N3O/c1-10(2)17-8-7-16-13-6-4-3-5-11(13)12(9-14)15-16/h3-6,10H,7-9,14H2,1-2H3. The number of nitrogens with zero attached hydrogens (tertiary/aromatic N) is 2. The van der Waals surface area contributed by atoms with Gasteiger partial charge in [0.1, 0.15) is 0 Å². The summed E-state index contributed by atoms with van der Waals surface area (Å²) in [5.41, 5.74) is 7.77. The van der Waals surface area contributed by atoms with Crippen LogP contribution in [0.2, 0.25) is 0 Å². The van der Waals surface area contributed by atoms with Crippen molar-refractivity contribution in [1.29, 1.82) is 0 Å². The number of nitrogens with two attached hydrogens (primary N) is 1. The fraction of sp³-hybridized carbons (Fsp3) is 0.462. The zero-order valence-corrected chi connectivity index (χ0v) is 10.4. The third-order valence-corrected chi connectivity index (χ3v) is 2.68. The molecule has 0 unspecified atom stereocenters. The highest BCUT2D eigenvalue weighted by molar-refractivity contribution is 5.81. The quantitative estimate of drug-likeness (QED) is 0.858. The van der Waals surface area contributed by atoms with Gasteiger partial charge in [-0.15, -0.1) is 0 Å². The fourth-order valence-corrected chi connectivity index (χ4v) is 1.89. The first kappa shape index (κ1) is 12.1. The summed E-state index contributed by atoms with van der Waals surface area (Å²) in [6.45, 7) is 5.98. The van der Waals surface area contributed by atoms with Crippen molar-refractivity contribution in [1.82, 2.24) is 9.78 Å². The van der Waals surface area contributed by atoms with Crippen LogP contribution in [-0.4, -0.2) is 22.5 Å². The van der Waals surface area contributed by atoms with Gasteiger partial charge < -0.3 is 10.5 Å². The first-order valence-corrected chi connectivity index (χ1v) is 5.98. The van der Waals surface area contributed by atoms with E-state index in [-0.39, 0.29) is 6.10 Å². The van der Waals surface area contributed by atoms with Crippen LogP contribution < -0.4 is 5.73 Å². The lowest BCUT2D eigenvalue weighted by Gasteiger charge is -2.07. The predicted molar refractivity (Wildman–Crippen MR) is 68.7 cm³/mol. The van der Waals surface area contributed by atoms with Crippen molar-refractivity contribution in [2.75, 3.05) is 6.61 Å². The summed E-state index contributed by atoms with van der Waals surface area (Å²) in [4.78, 5) is 0. The number of hydrogen-bond donors (Lipinski definition) is 1. The van der Waals surface area contributed by atoms with E-state index in [0.29, 0.717) is 13.2 Å². The molecule has 0 radical (unpaired) electrons. The van der Waals surface area contributed by atoms with Gasteiger partial charge in [0.05, 0.1) is 30.5 Å². The van der Waals surface area contributed by atoms with E-state index in [2.05, 4.69) is 17.2 Å². The van der Waals surface area contributed by atoms with Crippen molar-refractivity contribution >= 4 is 10.9 Å². The summed E-state index contributed by atoms with van der Waals surface area (Å²) < 4.78 is 7.52. The van der Waals surface area contributed by atoms with Crippen LogP contribution in [0.3, 0.4) is 0 Å². The molecule has 0 amide bonds. The normalized spacial score (nSPS) is 11.5. The molecule has 2 aromatic rings. The molecule has 4 nitrogen and oxygen atoms in total. The van der Waals surface area contributed by atoms with Crippen molar-refractivity contribution in [3.63, 3.8) is 0 Å². The summed E-state index contributed by atoms with van der Waals surface area (Å²) in [5.74, 6) is 0. The number of aromatic nitrogens is 2. The molecule has 0 aliphatic rings. The van der Waals surface area contributed by atoms with E-state index in [1.54, 1.807) is 0 Å². The third kappa shape index (κ3) is 2.65. The lowest BCUT2D eigenvalue weighted by Crippen LogP contribution is -2.11. The van der Waals surface area contributed by atoms with Crippen molar-refractivity contribution in [2.24, 2.45) is 5.73 Å². The van der Waals surface area contributed by atoms with E-state index in [0.717, 1.165) is 23.1 Å². The molecule has 1 heterocycles. The van der Waals surface area contributed by atoms with Crippen LogP contribution in [0.25, 0.3) is 10.9 Å². The van der Waals surface area contributed by atoms with Crippen LogP contribution in [0.5, 0.6) is 0 Å². The Kier molecular flexibility index (Phi) is 3.76. The molecule has 0 fully saturated rings. The van der Waals surface area contributed by atoms with E-state index >= 15 is 0 Å². The smallest absolute Gasteiger partial charge is 0.0839 e. The van der Waals surface area contributed by atoms with Crippen molar-refractivity contribution in [3.8, 4) is 0 Å². The largest absolute Gasteiger partial charge is 0.377 e. The second-order valence-corrected chi connectivity index (χ2v) is 4.31. The molecule has 0 bridgehead atoms. The molecule has 0 saturated heterocycles. The Balaban J connectivity index is 2.22. The molecule has 1 aromatic heterocycles. The van der Waals surface area contributed by atoms with Crippen LogP contribution in [-0.2, 0) is 17.8 Å². The Morgan fingerprint density at radius 1 is 1.35 bits per heavy atom. The molecule has 0 saturated carbocycles. The van der Waals surface area contributed by atoms with Gasteiger partial charge >= 0.3 is 0 Å². The molecule has 0 atom stereocenters. The number of para-hydroxylation sites is 1. The average Bonchev–Trinajstić information content (AvgIpc) is 2.68. The molecule has 92 valence electrons. The number of hydrogen-bond acceptors (Lipinski definition) is 3. The summed E-state index contributed by atoms with van der Waals surface area (Å²) in [7, 11) is 0. The lowest BCUT2D eigenvalue weighted by atomic mass is 10.2. The minimum Gasteiger partial charge on any atom is -0.377 e. The molecule has 2 N–H and O–H groups in total. The van der Waals surface area contributed by atoms with Gasteiger partial charge in [-0.25, -0.2) is 0 Å². The zero-order valence-electron chi connectivity index (χ0n) is 10.4. The first-order valence-electron chi connectivity index (χ1n) is 5.98. The van der Waals surface area contributed by atoms with Gasteiger partial charge in [0, 0.05) is 11.9 Å². The molecular formula is C13H19N3O. The number of benzene rings is 1. The number of fused-ring (bicyclic) bond motifs is 1. The average molecular weight is 233 g/mol. The Hall–Kier alpha value is -1.39. The van der Waals surface area contributed by atoms with E-state index in [1.165, 1.54) is 0 Å². The molecule has 17 heavy (non-hydrogen) atoms.